The van der Waals surface area contributed by atoms with Crippen LogP contribution in [-0.4, -0.2) is 30.9 Å². The molecule has 0 saturated carbocycles. The van der Waals surface area contributed by atoms with Crippen LogP contribution in [0.15, 0.2) is 66.7 Å². The second-order valence-corrected chi connectivity index (χ2v) is 7.87. The fraction of sp³-hybridized carbons (Fsp3) is 0.231. The molecule has 0 aromatic heterocycles. The Morgan fingerprint density at radius 1 is 1.00 bits per heavy atom. The van der Waals surface area contributed by atoms with Crippen LogP contribution in [0.1, 0.15) is 39.5 Å². The summed E-state index contributed by atoms with van der Waals surface area (Å²) >= 11 is 0. The average molecular weight is 431 g/mol. The fourth-order valence-electron chi connectivity index (χ4n) is 3.99. The van der Waals surface area contributed by atoms with E-state index in [2.05, 4.69) is 5.32 Å². The Kier molecular flexibility index (Phi) is 6.12. The molecule has 0 fully saturated rings. The molecule has 0 aliphatic carbocycles. The van der Waals surface area contributed by atoms with Gasteiger partial charge in [0.05, 0.1) is 26.7 Å². The van der Waals surface area contributed by atoms with Crippen LogP contribution in [0.3, 0.4) is 0 Å². The first-order valence-corrected chi connectivity index (χ1v) is 10.5. The summed E-state index contributed by atoms with van der Waals surface area (Å²) in [4.78, 5) is 28.0. The smallest absolute Gasteiger partial charge is 0.255 e. The highest BCUT2D eigenvalue weighted by atomic mass is 16.5. The molecule has 0 unspecified atom stereocenters. The molecule has 0 saturated heterocycles. The summed E-state index contributed by atoms with van der Waals surface area (Å²) in [5, 5.41) is 2.93. The number of carbonyl (C=O) groups is 2. The van der Waals surface area contributed by atoms with E-state index in [0.29, 0.717) is 29.3 Å². The Morgan fingerprint density at radius 2 is 1.66 bits per heavy atom. The minimum atomic E-state index is -0.386. The molecule has 2 amide bonds. The van der Waals surface area contributed by atoms with Gasteiger partial charge in [-0.15, -0.1) is 0 Å². The Bertz CT molecular complexity index is 1120. The number of hydrogen-bond acceptors (Lipinski definition) is 4. The molecule has 1 heterocycles. The van der Waals surface area contributed by atoms with Crippen molar-refractivity contribution < 1.29 is 19.1 Å². The first-order chi connectivity index (χ1) is 15.5. The number of benzene rings is 3. The first kappa shape index (κ1) is 21.4. The number of hydrogen-bond donors (Lipinski definition) is 1. The molecule has 1 N–H and O–H groups in total. The Hall–Kier alpha value is -3.80. The molecule has 1 aliphatic heterocycles. The number of carbonyl (C=O) groups excluding carboxylic acids is 2. The first-order valence-electron chi connectivity index (χ1n) is 10.5. The molecule has 0 radical (unpaired) electrons. The van der Waals surface area contributed by atoms with Crippen LogP contribution in [0.5, 0.6) is 11.5 Å². The number of amides is 2. The van der Waals surface area contributed by atoms with E-state index < -0.39 is 0 Å². The van der Waals surface area contributed by atoms with Gasteiger partial charge in [0.2, 0.25) is 5.91 Å². The van der Waals surface area contributed by atoms with Gasteiger partial charge in [0.25, 0.3) is 5.91 Å². The van der Waals surface area contributed by atoms with E-state index in [4.69, 9.17) is 9.47 Å². The third-order valence-electron chi connectivity index (χ3n) is 5.70. The summed E-state index contributed by atoms with van der Waals surface area (Å²) in [6.07, 6.45) is 0.127. The predicted octanol–water partition coefficient (Wildman–Crippen LogP) is 4.74. The second-order valence-electron chi connectivity index (χ2n) is 7.87. The maximum atomic E-state index is 13.1. The third-order valence-corrected chi connectivity index (χ3v) is 5.70. The molecule has 3 aromatic rings. The van der Waals surface area contributed by atoms with Gasteiger partial charge in [-0.2, -0.15) is 0 Å². The molecule has 6 nitrogen and oxygen atoms in total. The number of methoxy groups -OCH3 is 2. The van der Waals surface area contributed by atoms with Crippen molar-refractivity contribution in [3.05, 3.63) is 89.0 Å². The summed E-state index contributed by atoms with van der Waals surface area (Å²) in [7, 11) is 3.12. The lowest BCUT2D eigenvalue weighted by atomic mass is 10.00. The number of nitrogens with one attached hydrogen (secondary N) is 1. The highest BCUT2D eigenvalue weighted by Gasteiger charge is 2.34. The van der Waals surface area contributed by atoms with Crippen molar-refractivity contribution in [2.75, 3.05) is 19.5 Å². The van der Waals surface area contributed by atoms with Gasteiger partial charge in [0.1, 0.15) is 11.5 Å². The van der Waals surface area contributed by atoms with Crippen LogP contribution in [0.4, 0.5) is 5.69 Å². The average Bonchev–Trinajstić information content (AvgIpc) is 3.14. The highest BCUT2D eigenvalue weighted by Crippen LogP contribution is 2.34. The van der Waals surface area contributed by atoms with Crippen molar-refractivity contribution in [3.63, 3.8) is 0 Å². The number of rotatable bonds is 7. The van der Waals surface area contributed by atoms with E-state index in [1.807, 2.05) is 55.5 Å². The SMILES string of the molecule is COc1cc(NC(=O)C[C@@H](c2ccc(C)cc2)N2Cc3ccccc3C2=O)cc(OC)c1. The second kappa shape index (κ2) is 9.14. The quantitative estimate of drug-likeness (QED) is 0.588. The number of aryl methyl sites for hydroxylation is 1. The van der Waals surface area contributed by atoms with Crippen LogP contribution < -0.4 is 14.8 Å². The lowest BCUT2D eigenvalue weighted by Gasteiger charge is -2.28. The number of ether oxygens (including phenoxy) is 2. The van der Waals surface area contributed by atoms with Crippen molar-refractivity contribution in [3.8, 4) is 11.5 Å². The van der Waals surface area contributed by atoms with E-state index in [9.17, 15) is 9.59 Å². The molecule has 1 atom stereocenters. The van der Waals surface area contributed by atoms with Crippen molar-refractivity contribution in [1.82, 2.24) is 4.90 Å². The standard InChI is InChI=1S/C26H26N2O4/c1-17-8-10-18(11-9-17)24(28-16-19-6-4-5-7-23(19)26(28)30)15-25(29)27-20-12-21(31-2)14-22(13-20)32-3/h4-14,24H,15-16H2,1-3H3,(H,27,29)/t24-/m0/s1. The highest BCUT2D eigenvalue weighted by molar-refractivity contribution is 5.99. The van der Waals surface area contributed by atoms with E-state index in [-0.39, 0.29) is 24.3 Å². The van der Waals surface area contributed by atoms with E-state index >= 15 is 0 Å². The minimum Gasteiger partial charge on any atom is -0.497 e. The normalized spacial score (nSPS) is 13.5. The van der Waals surface area contributed by atoms with Crippen LogP contribution in [0.25, 0.3) is 0 Å². The van der Waals surface area contributed by atoms with Gasteiger partial charge < -0.3 is 19.7 Å². The van der Waals surface area contributed by atoms with Gasteiger partial charge in [0, 0.05) is 36.0 Å². The third kappa shape index (κ3) is 4.44. The van der Waals surface area contributed by atoms with Crippen molar-refractivity contribution >= 4 is 17.5 Å². The van der Waals surface area contributed by atoms with Gasteiger partial charge in [-0.3, -0.25) is 9.59 Å². The molecular weight excluding hydrogens is 404 g/mol. The molecule has 4 rings (SSSR count). The maximum Gasteiger partial charge on any atom is 0.255 e. The molecule has 0 bridgehead atoms. The van der Waals surface area contributed by atoms with Crippen LogP contribution in [0, 0.1) is 6.92 Å². The zero-order valence-corrected chi connectivity index (χ0v) is 18.4. The Morgan fingerprint density at radius 3 is 2.28 bits per heavy atom. The Labute approximate surface area is 187 Å². The van der Waals surface area contributed by atoms with E-state index in [1.165, 1.54) is 0 Å². The lowest BCUT2D eigenvalue weighted by Crippen LogP contribution is -2.32. The van der Waals surface area contributed by atoms with Crippen LogP contribution in [0.2, 0.25) is 0 Å². The maximum absolute atomic E-state index is 13.1. The van der Waals surface area contributed by atoms with Crippen molar-refractivity contribution in [2.24, 2.45) is 0 Å². The number of fused-ring (bicyclic) bond motifs is 1. The zero-order valence-electron chi connectivity index (χ0n) is 18.4. The van der Waals surface area contributed by atoms with Crippen molar-refractivity contribution in [1.29, 1.82) is 0 Å². The summed E-state index contributed by atoms with van der Waals surface area (Å²) in [6, 6.07) is 20.4. The van der Waals surface area contributed by atoms with Crippen molar-refractivity contribution in [2.45, 2.75) is 25.9 Å². The van der Waals surface area contributed by atoms with Gasteiger partial charge in [-0.25, -0.2) is 0 Å². The topological polar surface area (TPSA) is 67.9 Å². The fourth-order valence-corrected chi connectivity index (χ4v) is 3.99. The van der Waals surface area contributed by atoms with Gasteiger partial charge in [-0.05, 0) is 24.1 Å². The molecule has 32 heavy (non-hydrogen) atoms. The lowest BCUT2D eigenvalue weighted by molar-refractivity contribution is -0.117. The monoisotopic (exact) mass is 430 g/mol. The zero-order chi connectivity index (χ0) is 22.7. The van der Waals surface area contributed by atoms with Crippen LogP contribution in [-0.2, 0) is 11.3 Å². The molecule has 6 heteroatoms. The summed E-state index contributed by atoms with van der Waals surface area (Å²) in [5.74, 6) is 0.913. The predicted molar refractivity (Wildman–Crippen MR) is 123 cm³/mol. The van der Waals surface area contributed by atoms with E-state index in [0.717, 1.165) is 16.7 Å². The Balaban J connectivity index is 1.60. The molecule has 164 valence electrons. The minimum absolute atomic E-state index is 0.0537. The number of anilines is 1. The van der Waals surface area contributed by atoms with Gasteiger partial charge in [0.15, 0.2) is 0 Å². The summed E-state index contributed by atoms with van der Waals surface area (Å²) in [5.41, 5.74) is 4.30. The molecule has 0 spiro atoms. The van der Waals surface area contributed by atoms with Gasteiger partial charge >= 0.3 is 0 Å². The van der Waals surface area contributed by atoms with Gasteiger partial charge in [-0.1, -0.05) is 48.0 Å². The van der Waals surface area contributed by atoms with E-state index in [1.54, 1.807) is 37.3 Å². The summed E-state index contributed by atoms with van der Waals surface area (Å²) < 4.78 is 10.6. The van der Waals surface area contributed by atoms with Crippen LogP contribution >= 0.6 is 0 Å². The molecule has 3 aromatic carbocycles. The molecular formula is C26H26N2O4. The summed E-state index contributed by atoms with van der Waals surface area (Å²) in [6.45, 7) is 2.49. The number of nitrogens with zero attached hydrogens (tertiary/aromatic N) is 1. The largest absolute Gasteiger partial charge is 0.497 e. The molecule has 1 aliphatic rings.